The van der Waals surface area contributed by atoms with Crippen LogP contribution in [0.2, 0.25) is 0 Å². The average molecular weight is 527 g/mol. The minimum absolute atomic E-state index is 0.0207. The lowest BCUT2D eigenvalue weighted by atomic mass is 9.82. The highest BCUT2D eigenvalue weighted by molar-refractivity contribution is 6.11. The molecule has 1 aliphatic carbocycles. The molecule has 0 radical (unpaired) electrons. The Labute approximate surface area is 240 Å². The zero-order valence-corrected chi connectivity index (χ0v) is 23.2. The Morgan fingerprint density at radius 2 is 1.17 bits per heavy atom. The van der Waals surface area contributed by atoms with Crippen LogP contribution < -0.4 is 5.32 Å². The van der Waals surface area contributed by atoms with Gasteiger partial charge in [-0.25, -0.2) is 0 Å². The molecule has 1 aromatic heterocycles. The molecule has 0 aliphatic heterocycles. The fourth-order valence-corrected chi connectivity index (χ4v) is 6.71. The van der Waals surface area contributed by atoms with Crippen molar-refractivity contribution in [1.29, 1.82) is 0 Å². The molecule has 1 heterocycles. The lowest BCUT2D eigenvalue weighted by Crippen LogP contribution is -2.15. The smallest absolute Gasteiger partial charge is 0.0547 e. The van der Waals surface area contributed by atoms with Gasteiger partial charge in [0.05, 0.1) is 11.0 Å². The summed E-state index contributed by atoms with van der Waals surface area (Å²) in [6, 6.07) is 50.5. The summed E-state index contributed by atoms with van der Waals surface area (Å²) in [4.78, 5) is 0. The zero-order valence-electron chi connectivity index (χ0n) is 23.2. The van der Waals surface area contributed by atoms with Gasteiger partial charge in [-0.2, -0.15) is 0 Å². The van der Waals surface area contributed by atoms with Crippen molar-refractivity contribution in [1.82, 2.24) is 4.57 Å². The Bertz CT molecular complexity index is 2080. The number of benzene rings is 6. The van der Waals surface area contributed by atoms with E-state index in [1.165, 1.54) is 60.9 Å². The number of para-hydroxylation sites is 1. The predicted octanol–water partition coefficient (Wildman–Crippen LogP) is 10.5. The summed E-state index contributed by atoms with van der Waals surface area (Å²) >= 11 is 0. The third-order valence-electron chi connectivity index (χ3n) is 8.76. The molecule has 0 fully saturated rings. The number of rotatable bonds is 4. The van der Waals surface area contributed by atoms with Gasteiger partial charge in [0.15, 0.2) is 0 Å². The van der Waals surface area contributed by atoms with Crippen LogP contribution in [0.15, 0.2) is 140 Å². The quantitative estimate of drug-likeness (QED) is 0.241. The van der Waals surface area contributed by atoms with Gasteiger partial charge in [0.1, 0.15) is 0 Å². The average Bonchev–Trinajstić information content (AvgIpc) is 3.46. The molecule has 0 bridgehead atoms. The van der Waals surface area contributed by atoms with Crippen LogP contribution in [-0.4, -0.2) is 4.57 Å². The fourth-order valence-electron chi connectivity index (χ4n) is 6.71. The van der Waals surface area contributed by atoms with Crippen molar-refractivity contribution >= 4 is 33.2 Å². The maximum Gasteiger partial charge on any atom is 0.0547 e. The van der Waals surface area contributed by atoms with Gasteiger partial charge in [-0.15, -0.1) is 0 Å². The molecule has 1 N–H and O–H groups in total. The molecule has 0 saturated heterocycles. The number of nitrogens with one attached hydrogen (secondary N) is 1. The molecule has 41 heavy (non-hydrogen) atoms. The Balaban J connectivity index is 1.25. The largest absolute Gasteiger partial charge is 0.355 e. The maximum absolute atomic E-state index is 3.73. The SMILES string of the molecule is CC1(C)c2ccccc2-c2ccc(Nc3ccc4c(c3)c3ccc(-c5ccccc5)cc3n4-c3ccccc3)cc21. The van der Waals surface area contributed by atoms with Crippen molar-refractivity contribution < 1.29 is 0 Å². The number of nitrogens with zero attached hydrogens (tertiary/aromatic N) is 1. The van der Waals surface area contributed by atoms with Crippen LogP contribution in [0.4, 0.5) is 11.4 Å². The van der Waals surface area contributed by atoms with Crippen molar-refractivity contribution in [2.75, 3.05) is 5.32 Å². The standard InChI is InChI=1S/C39H30N2/c1-39(2)35-16-10-9-15-31(35)32-21-18-29(25-36(32)39)40-28-19-22-37-34(24-28)33-20-17-27(26-11-5-3-6-12-26)23-38(33)41(37)30-13-7-4-8-14-30/h3-25,40H,1-2H3. The van der Waals surface area contributed by atoms with Crippen LogP contribution in [0.5, 0.6) is 0 Å². The Morgan fingerprint density at radius 1 is 0.488 bits per heavy atom. The third kappa shape index (κ3) is 3.72. The summed E-state index contributed by atoms with van der Waals surface area (Å²) in [5.41, 5.74) is 13.7. The molecule has 0 spiro atoms. The van der Waals surface area contributed by atoms with Crippen LogP contribution >= 0.6 is 0 Å². The highest BCUT2D eigenvalue weighted by Crippen LogP contribution is 2.49. The summed E-state index contributed by atoms with van der Waals surface area (Å²) < 4.78 is 2.38. The van der Waals surface area contributed by atoms with Crippen LogP contribution in [0.3, 0.4) is 0 Å². The van der Waals surface area contributed by atoms with E-state index in [0.29, 0.717) is 0 Å². The number of fused-ring (bicyclic) bond motifs is 6. The predicted molar refractivity (Wildman–Crippen MR) is 174 cm³/mol. The minimum atomic E-state index is -0.0207. The van der Waals surface area contributed by atoms with Crippen molar-refractivity contribution in [3.05, 3.63) is 151 Å². The molecule has 196 valence electrons. The van der Waals surface area contributed by atoms with Crippen LogP contribution in [0, 0.1) is 0 Å². The first-order valence-electron chi connectivity index (χ1n) is 14.3. The molecule has 0 unspecified atom stereocenters. The van der Waals surface area contributed by atoms with E-state index in [1.54, 1.807) is 0 Å². The first-order valence-corrected chi connectivity index (χ1v) is 14.3. The van der Waals surface area contributed by atoms with E-state index in [9.17, 15) is 0 Å². The summed E-state index contributed by atoms with van der Waals surface area (Å²) in [6.45, 7) is 4.66. The fraction of sp³-hybridized carbons (Fsp3) is 0.0769. The molecule has 0 saturated carbocycles. The van der Waals surface area contributed by atoms with Gasteiger partial charge in [-0.1, -0.05) is 105 Å². The van der Waals surface area contributed by atoms with Gasteiger partial charge in [0.2, 0.25) is 0 Å². The van der Waals surface area contributed by atoms with E-state index in [0.717, 1.165) is 11.4 Å². The second kappa shape index (κ2) is 8.97. The van der Waals surface area contributed by atoms with Gasteiger partial charge in [0.25, 0.3) is 0 Å². The topological polar surface area (TPSA) is 17.0 Å². The molecule has 2 heteroatoms. The maximum atomic E-state index is 3.73. The van der Waals surface area contributed by atoms with Crippen molar-refractivity contribution in [3.63, 3.8) is 0 Å². The molecular weight excluding hydrogens is 496 g/mol. The highest BCUT2D eigenvalue weighted by atomic mass is 15.0. The van der Waals surface area contributed by atoms with Gasteiger partial charge in [-0.05, 0) is 81.9 Å². The molecule has 7 aromatic rings. The molecule has 1 aliphatic rings. The molecule has 2 nitrogen and oxygen atoms in total. The summed E-state index contributed by atoms with van der Waals surface area (Å²) in [7, 11) is 0. The molecule has 0 amide bonds. The van der Waals surface area contributed by atoms with E-state index in [2.05, 4.69) is 163 Å². The minimum Gasteiger partial charge on any atom is -0.355 e. The molecule has 8 rings (SSSR count). The number of hydrogen-bond acceptors (Lipinski definition) is 1. The lowest BCUT2D eigenvalue weighted by Gasteiger charge is -2.22. The van der Waals surface area contributed by atoms with E-state index < -0.39 is 0 Å². The first-order chi connectivity index (χ1) is 20.1. The van der Waals surface area contributed by atoms with E-state index in [1.807, 2.05) is 0 Å². The summed E-state index contributed by atoms with van der Waals surface area (Å²) in [5, 5.41) is 6.22. The molecular formula is C39H30N2. The molecule has 6 aromatic carbocycles. The number of anilines is 2. The lowest BCUT2D eigenvalue weighted by molar-refractivity contribution is 0.660. The highest BCUT2D eigenvalue weighted by Gasteiger charge is 2.35. The Morgan fingerprint density at radius 3 is 2.00 bits per heavy atom. The van der Waals surface area contributed by atoms with Crippen molar-refractivity contribution in [2.24, 2.45) is 0 Å². The van der Waals surface area contributed by atoms with Gasteiger partial charge < -0.3 is 9.88 Å². The second-order valence-corrected chi connectivity index (χ2v) is 11.6. The van der Waals surface area contributed by atoms with E-state index in [4.69, 9.17) is 0 Å². The summed E-state index contributed by atoms with van der Waals surface area (Å²) in [6.07, 6.45) is 0. The van der Waals surface area contributed by atoms with Crippen molar-refractivity contribution in [3.8, 4) is 27.9 Å². The van der Waals surface area contributed by atoms with Gasteiger partial charge in [0, 0.05) is 33.2 Å². The van der Waals surface area contributed by atoms with Crippen LogP contribution in [0.1, 0.15) is 25.0 Å². The normalized spacial score (nSPS) is 13.3. The number of hydrogen-bond donors (Lipinski definition) is 1. The van der Waals surface area contributed by atoms with Crippen LogP contribution in [0.25, 0.3) is 49.7 Å². The second-order valence-electron chi connectivity index (χ2n) is 11.6. The van der Waals surface area contributed by atoms with Crippen molar-refractivity contribution in [2.45, 2.75) is 19.3 Å². The van der Waals surface area contributed by atoms with E-state index in [-0.39, 0.29) is 5.41 Å². The van der Waals surface area contributed by atoms with Crippen LogP contribution in [-0.2, 0) is 5.41 Å². The Hall–Kier alpha value is -5.08. The van der Waals surface area contributed by atoms with E-state index >= 15 is 0 Å². The summed E-state index contributed by atoms with van der Waals surface area (Å²) in [5.74, 6) is 0. The Kier molecular flexibility index (Phi) is 5.20. The first kappa shape index (κ1) is 23.8. The van der Waals surface area contributed by atoms with Gasteiger partial charge in [-0.3, -0.25) is 0 Å². The monoisotopic (exact) mass is 526 g/mol. The zero-order chi connectivity index (χ0) is 27.6. The third-order valence-corrected chi connectivity index (χ3v) is 8.76. The molecule has 0 atom stereocenters. The number of aromatic nitrogens is 1. The van der Waals surface area contributed by atoms with Gasteiger partial charge >= 0.3 is 0 Å².